The van der Waals surface area contributed by atoms with Crippen LogP contribution in [-0.2, 0) is 0 Å². The number of rotatable bonds is 10. The summed E-state index contributed by atoms with van der Waals surface area (Å²) in [4.78, 5) is 0. The molecule has 4 aromatic carbocycles. The molecule has 0 atom stereocenters. The molecule has 0 amide bonds. The molecule has 41 heavy (non-hydrogen) atoms. The average molecular weight is 774 g/mol. The van der Waals surface area contributed by atoms with Crippen LogP contribution in [0.1, 0.15) is 41.5 Å². The van der Waals surface area contributed by atoms with Crippen molar-refractivity contribution in [3.05, 3.63) is 137 Å². The summed E-state index contributed by atoms with van der Waals surface area (Å²) in [5.41, 5.74) is 5.36. The Morgan fingerprint density at radius 1 is 0.341 bits per heavy atom. The second kappa shape index (κ2) is 25.6. The summed E-state index contributed by atoms with van der Waals surface area (Å²) < 4.78 is 0. The van der Waals surface area contributed by atoms with Gasteiger partial charge in [-0.1, -0.05) is 163 Å². The minimum absolute atomic E-state index is 0. The predicted molar refractivity (Wildman–Crippen MR) is 183 cm³/mol. The molecule has 0 saturated heterocycles. The van der Waals surface area contributed by atoms with Crippen LogP contribution in [0.15, 0.2) is 121 Å². The summed E-state index contributed by atoms with van der Waals surface area (Å²) in [5.74, 6) is 0. The van der Waals surface area contributed by atoms with Gasteiger partial charge in [0.1, 0.15) is 6.15 Å². The van der Waals surface area contributed by atoms with E-state index >= 15 is 0 Å². The third kappa shape index (κ3) is 13.6. The zero-order chi connectivity index (χ0) is 29.3. The third-order valence-corrected chi connectivity index (χ3v) is 6.54. The Hall–Kier alpha value is -2.12. The Labute approximate surface area is 275 Å². The van der Waals surface area contributed by atoms with E-state index in [2.05, 4.69) is 137 Å². The standard InChI is InChI=1S/C24H20B.3C4H10N.U/c1-5-13-21(14-6-1)25(22-15-7-2-8-16-22,23-17-9-3-10-18-23)24-19-11-4-12-20-24;3*1-3-5-4-2;/h1-20H;3*3-4H2,1-2H3;/q4*-1;+4. The van der Waals surface area contributed by atoms with Crippen LogP contribution >= 0.6 is 0 Å². The van der Waals surface area contributed by atoms with Gasteiger partial charge in [0.05, 0.1) is 0 Å². The topological polar surface area (TPSA) is 42.3 Å². The molecule has 0 aliphatic rings. The molecule has 0 aromatic heterocycles. The zero-order valence-corrected chi connectivity index (χ0v) is 30.4. The molecule has 0 aliphatic heterocycles. The second-order valence-corrected chi connectivity index (χ2v) is 9.08. The Morgan fingerprint density at radius 2 is 0.512 bits per heavy atom. The quantitative estimate of drug-likeness (QED) is 0.153. The van der Waals surface area contributed by atoms with Crippen LogP contribution in [0.25, 0.3) is 16.0 Å². The first-order valence-corrected chi connectivity index (χ1v) is 14.9. The fourth-order valence-corrected chi connectivity index (χ4v) is 4.79. The van der Waals surface area contributed by atoms with Gasteiger partial charge in [0, 0.05) is 0 Å². The molecule has 216 valence electrons. The first-order chi connectivity index (χ1) is 19.7. The summed E-state index contributed by atoms with van der Waals surface area (Å²) >= 11 is 0. The largest absolute Gasteiger partial charge is 4.00 e. The molecule has 3 nitrogen and oxygen atoms in total. The Bertz CT molecular complexity index is 897. The van der Waals surface area contributed by atoms with Crippen molar-refractivity contribution in [3.8, 4) is 0 Å². The van der Waals surface area contributed by atoms with Crippen LogP contribution in [0, 0.1) is 31.1 Å². The Kier molecular flexibility index (Phi) is 24.3. The summed E-state index contributed by atoms with van der Waals surface area (Å²) in [5, 5.41) is 11.9. The van der Waals surface area contributed by atoms with Gasteiger partial charge in [-0.3, -0.25) is 0 Å². The molecule has 0 heterocycles. The van der Waals surface area contributed by atoms with Gasteiger partial charge >= 0.3 is 31.1 Å². The first kappa shape index (κ1) is 38.9. The van der Waals surface area contributed by atoms with Gasteiger partial charge in [-0.25, -0.2) is 0 Å². The Morgan fingerprint density at radius 3 is 0.634 bits per heavy atom. The maximum atomic E-state index is 3.97. The van der Waals surface area contributed by atoms with E-state index in [-0.39, 0.29) is 31.1 Å². The van der Waals surface area contributed by atoms with E-state index in [0.29, 0.717) is 0 Å². The summed E-state index contributed by atoms with van der Waals surface area (Å²) in [6.45, 7) is 18.1. The van der Waals surface area contributed by atoms with E-state index in [1.807, 2.05) is 41.5 Å². The fourth-order valence-electron chi connectivity index (χ4n) is 4.79. The van der Waals surface area contributed by atoms with Crippen LogP contribution in [0.5, 0.6) is 0 Å². The molecule has 4 rings (SSSR count). The summed E-state index contributed by atoms with van der Waals surface area (Å²) in [6.07, 6.45) is -1.22. The zero-order valence-electron chi connectivity index (χ0n) is 26.2. The molecule has 0 saturated carbocycles. The number of nitrogens with zero attached hydrogens (tertiary/aromatic N) is 3. The second-order valence-electron chi connectivity index (χ2n) is 9.08. The van der Waals surface area contributed by atoms with Gasteiger partial charge in [-0.05, 0) is 0 Å². The van der Waals surface area contributed by atoms with Crippen LogP contribution in [0.4, 0.5) is 0 Å². The van der Waals surface area contributed by atoms with Crippen molar-refractivity contribution in [3.63, 3.8) is 0 Å². The molecule has 0 radical (unpaired) electrons. The van der Waals surface area contributed by atoms with E-state index in [1.54, 1.807) is 0 Å². The van der Waals surface area contributed by atoms with Gasteiger partial charge in [0.2, 0.25) is 0 Å². The molecule has 0 spiro atoms. The van der Waals surface area contributed by atoms with Crippen LogP contribution in [-0.4, -0.2) is 45.4 Å². The first-order valence-electron chi connectivity index (χ1n) is 14.9. The maximum Gasteiger partial charge on any atom is 4.00 e. The van der Waals surface area contributed by atoms with Gasteiger partial charge in [-0.2, -0.15) is 61.1 Å². The molecule has 0 N–H and O–H groups in total. The smallest absolute Gasteiger partial charge is 0.663 e. The summed E-state index contributed by atoms with van der Waals surface area (Å²) in [6, 6.07) is 43.5. The SMILES string of the molecule is CC[N-]CC.CC[N-]CC.CC[N-]CC.[U+4].c1ccc([B-](c2ccccc2)(c2ccccc2)c2ccccc2)cc1. The van der Waals surface area contributed by atoms with E-state index < -0.39 is 6.15 Å². The normalized spacial score (nSPS) is 9.90. The molecule has 0 aliphatic carbocycles. The van der Waals surface area contributed by atoms with Gasteiger partial charge in [0.15, 0.2) is 0 Å². The molecule has 0 unspecified atom stereocenters. The van der Waals surface area contributed by atoms with Gasteiger partial charge < -0.3 is 16.0 Å². The summed E-state index contributed by atoms with van der Waals surface area (Å²) in [7, 11) is 0. The van der Waals surface area contributed by atoms with Crippen LogP contribution in [0.3, 0.4) is 0 Å². The predicted octanol–water partition coefficient (Wildman–Crippen LogP) is 7.26. The molecule has 0 bridgehead atoms. The van der Waals surface area contributed by atoms with Gasteiger partial charge in [-0.15, -0.1) is 0 Å². The van der Waals surface area contributed by atoms with Gasteiger partial charge in [0.25, 0.3) is 0 Å². The van der Waals surface area contributed by atoms with Crippen molar-refractivity contribution in [2.24, 2.45) is 0 Å². The maximum absolute atomic E-state index is 3.97. The van der Waals surface area contributed by atoms with Crippen molar-refractivity contribution in [2.75, 3.05) is 39.3 Å². The molecular weight excluding hydrogens is 723 g/mol. The van der Waals surface area contributed by atoms with Crippen LogP contribution < -0.4 is 21.9 Å². The van der Waals surface area contributed by atoms with E-state index in [1.165, 1.54) is 21.9 Å². The minimum Gasteiger partial charge on any atom is -0.663 e. The molecule has 4 aromatic rings. The van der Waals surface area contributed by atoms with Crippen LogP contribution in [0.2, 0.25) is 0 Å². The minimum atomic E-state index is -1.22. The van der Waals surface area contributed by atoms with Crippen molar-refractivity contribution in [1.82, 2.24) is 0 Å². The van der Waals surface area contributed by atoms with Crippen molar-refractivity contribution < 1.29 is 31.1 Å². The van der Waals surface area contributed by atoms with Crippen molar-refractivity contribution in [1.29, 1.82) is 0 Å². The molecular formula is C36H50BN3U. The third-order valence-electron chi connectivity index (χ3n) is 6.54. The average Bonchev–Trinajstić information content (AvgIpc) is 3.02. The monoisotopic (exact) mass is 773 g/mol. The van der Waals surface area contributed by atoms with Crippen molar-refractivity contribution in [2.45, 2.75) is 41.5 Å². The number of benzene rings is 4. The van der Waals surface area contributed by atoms with E-state index in [0.717, 1.165) is 39.3 Å². The van der Waals surface area contributed by atoms with Crippen molar-refractivity contribution >= 4 is 28.0 Å². The number of hydrogen-bond donors (Lipinski definition) is 0. The Balaban J connectivity index is 0.000000833. The molecule has 5 heteroatoms. The fraction of sp³-hybridized carbons (Fsp3) is 0.333. The van der Waals surface area contributed by atoms with E-state index in [9.17, 15) is 0 Å². The molecule has 0 fully saturated rings. The van der Waals surface area contributed by atoms with E-state index in [4.69, 9.17) is 0 Å². The number of hydrogen-bond acceptors (Lipinski definition) is 0.